The molecule has 0 saturated carbocycles. The van der Waals surface area contributed by atoms with E-state index < -0.39 is 23.2 Å². The summed E-state index contributed by atoms with van der Waals surface area (Å²) in [5.74, 6) is -1.21. The average molecular weight is 638 g/mol. The third-order valence-electron chi connectivity index (χ3n) is 7.91. The first-order chi connectivity index (χ1) is 22.4. The molecule has 0 bridgehead atoms. The predicted octanol–water partition coefficient (Wildman–Crippen LogP) is 7.50. The Morgan fingerprint density at radius 1 is 0.872 bits per heavy atom. The van der Waals surface area contributed by atoms with E-state index in [0.29, 0.717) is 63.6 Å². The van der Waals surface area contributed by atoms with Crippen molar-refractivity contribution >= 4 is 34.4 Å². The number of benzene rings is 4. The second kappa shape index (κ2) is 13.4. The van der Waals surface area contributed by atoms with Crippen molar-refractivity contribution in [2.24, 2.45) is 0 Å². The molecule has 10 heteroatoms. The van der Waals surface area contributed by atoms with Crippen molar-refractivity contribution in [1.29, 1.82) is 0 Å². The summed E-state index contributed by atoms with van der Waals surface area (Å²) in [6, 6.07) is 23.6. The van der Waals surface area contributed by atoms with E-state index in [4.69, 9.17) is 9.15 Å². The maximum Gasteiger partial charge on any atom is 0.328 e. The molecule has 0 aliphatic heterocycles. The number of halogens is 1. The van der Waals surface area contributed by atoms with Gasteiger partial charge in [0, 0.05) is 60.0 Å². The molecule has 2 amide bonds. The molecular weight excluding hydrogens is 601 g/mol. The maximum absolute atomic E-state index is 13.6. The van der Waals surface area contributed by atoms with Gasteiger partial charge in [0.1, 0.15) is 34.2 Å². The highest BCUT2D eigenvalue weighted by molar-refractivity contribution is 6.13. The second-order valence-corrected chi connectivity index (χ2v) is 11.5. The maximum atomic E-state index is 13.6. The minimum Gasteiger partial charge on any atom is -0.480 e. The molecule has 3 N–H and O–H groups in total. The number of anilines is 1. The molecule has 1 aromatic heterocycles. The van der Waals surface area contributed by atoms with Crippen molar-refractivity contribution in [3.05, 3.63) is 102 Å². The highest BCUT2D eigenvalue weighted by Crippen LogP contribution is 2.41. The Hall–Kier alpha value is -5.64. The molecule has 5 aromatic rings. The van der Waals surface area contributed by atoms with Gasteiger partial charge >= 0.3 is 5.97 Å². The third-order valence-corrected chi connectivity index (χ3v) is 7.91. The van der Waals surface area contributed by atoms with Crippen LogP contribution >= 0.6 is 0 Å². The second-order valence-electron chi connectivity index (χ2n) is 11.5. The number of nitrogens with one attached hydrogen (secondary N) is 2. The minimum atomic E-state index is -1.46. The Morgan fingerprint density at radius 3 is 2.21 bits per heavy atom. The normalized spacial score (nSPS) is 11.3. The lowest BCUT2D eigenvalue weighted by Crippen LogP contribution is -2.49. The summed E-state index contributed by atoms with van der Waals surface area (Å²) in [6.45, 7) is 8.28. The zero-order chi connectivity index (χ0) is 33.9. The highest BCUT2D eigenvalue weighted by atomic mass is 19.1. The van der Waals surface area contributed by atoms with E-state index in [2.05, 4.69) is 15.5 Å². The summed E-state index contributed by atoms with van der Waals surface area (Å²) >= 11 is 0. The van der Waals surface area contributed by atoms with E-state index in [-0.39, 0.29) is 5.91 Å². The number of carbonyl (C=O) groups is 3. The van der Waals surface area contributed by atoms with Crippen LogP contribution in [0, 0.1) is 5.82 Å². The SMILES string of the molecule is CCN(CC)c1cc2oc(-c3ccc(Oc4cccc(F)c4)cc3)c(C(=O)NC)c2cc1-c1cccc(C(=O)NC(C)(C)C(=O)O)c1. The van der Waals surface area contributed by atoms with Gasteiger partial charge in [0.15, 0.2) is 0 Å². The number of amides is 2. The third kappa shape index (κ3) is 6.81. The topological polar surface area (TPSA) is 121 Å². The first kappa shape index (κ1) is 32.7. The highest BCUT2D eigenvalue weighted by Gasteiger charge is 2.30. The van der Waals surface area contributed by atoms with Crippen molar-refractivity contribution < 1.29 is 33.0 Å². The van der Waals surface area contributed by atoms with E-state index in [1.54, 1.807) is 61.6 Å². The fourth-order valence-electron chi connectivity index (χ4n) is 5.32. The largest absolute Gasteiger partial charge is 0.480 e. The number of ether oxygens (including phenoxy) is 1. The molecule has 47 heavy (non-hydrogen) atoms. The lowest BCUT2D eigenvalue weighted by Gasteiger charge is -2.25. The Balaban J connectivity index is 1.62. The summed E-state index contributed by atoms with van der Waals surface area (Å²) < 4.78 is 25.8. The molecule has 0 radical (unpaired) electrons. The van der Waals surface area contributed by atoms with Gasteiger partial charge in [-0.3, -0.25) is 9.59 Å². The van der Waals surface area contributed by atoms with Crippen LogP contribution in [0.1, 0.15) is 48.4 Å². The standard InChI is InChI=1S/C37H36FN3O6/c1-6-41(7-2)30-21-31-29(20-28(30)23-10-8-11-24(18-23)34(42)40-37(3,4)36(44)45)32(35(43)39-5)33(47-31)22-14-16-26(17-15-22)46-27-13-9-12-25(38)19-27/h8-21H,6-7H2,1-5H3,(H,39,43)(H,40,42)(H,44,45). The number of carboxylic acid groups (broad SMARTS) is 1. The number of hydrogen-bond acceptors (Lipinski definition) is 6. The molecule has 5 rings (SSSR count). The first-order valence-electron chi connectivity index (χ1n) is 15.2. The van der Waals surface area contributed by atoms with Crippen LogP contribution in [0.5, 0.6) is 11.5 Å². The van der Waals surface area contributed by atoms with Gasteiger partial charge in [0.2, 0.25) is 0 Å². The fraction of sp³-hybridized carbons (Fsp3) is 0.216. The first-order valence-corrected chi connectivity index (χ1v) is 15.2. The average Bonchev–Trinajstić information content (AvgIpc) is 3.43. The van der Waals surface area contributed by atoms with E-state index >= 15 is 0 Å². The molecule has 0 aliphatic carbocycles. The fourth-order valence-corrected chi connectivity index (χ4v) is 5.32. The van der Waals surface area contributed by atoms with Crippen LogP contribution in [0.15, 0.2) is 89.3 Å². The van der Waals surface area contributed by atoms with Gasteiger partial charge < -0.3 is 29.8 Å². The van der Waals surface area contributed by atoms with Gasteiger partial charge in [-0.25, -0.2) is 9.18 Å². The number of carbonyl (C=O) groups excluding carboxylic acids is 2. The van der Waals surface area contributed by atoms with Gasteiger partial charge in [0.25, 0.3) is 11.8 Å². The Labute approximate surface area is 272 Å². The molecule has 0 fully saturated rings. The molecule has 9 nitrogen and oxygen atoms in total. The smallest absolute Gasteiger partial charge is 0.328 e. The van der Waals surface area contributed by atoms with Crippen LogP contribution < -0.4 is 20.3 Å². The van der Waals surface area contributed by atoms with Crippen molar-refractivity contribution in [1.82, 2.24) is 10.6 Å². The van der Waals surface area contributed by atoms with E-state index in [9.17, 15) is 23.9 Å². The zero-order valence-electron chi connectivity index (χ0n) is 26.8. The van der Waals surface area contributed by atoms with Crippen LogP contribution in [-0.2, 0) is 4.79 Å². The molecule has 0 saturated heterocycles. The van der Waals surface area contributed by atoms with Crippen molar-refractivity contribution in [3.63, 3.8) is 0 Å². The zero-order valence-corrected chi connectivity index (χ0v) is 26.8. The van der Waals surface area contributed by atoms with Gasteiger partial charge in [-0.15, -0.1) is 0 Å². The van der Waals surface area contributed by atoms with Gasteiger partial charge in [-0.1, -0.05) is 18.2 Å². The molecule has 1 heterocycles. The molecule has 0 spiro atoms. The van der Waals surface area contributed by atoms with E-state index in [0.717, 1.165) is 11.3 Å². The molecule has 4 aromatic carbocycles. The Morgan fingerprint density at radius 2 is 1.57 bits per heavy atom. The molecule has 242 valence electrons. The number of rotatable bonds is 11. The summed E-state index contributed by atoms with van der Waals surface area (Å²) in [4.78, 5) is 40.3. The number of nitrogens with zero attached hydrogens (tertiary/aromatic N) is 1. The van der Waals surface area contributed by atoms with Gasteiger partial charge in [-0.2, -0.15) is 0 Å². The summed E-state index contributed by atoms with van der Waals surface area (Å²) in [5.41, 5.74) is 2.63. The summed E-state index contributed by atoms with van der Waals surface area (Å²) in [6.07, 6.45) is 0. The summed E-state index contributed by atoms with van der Waals surface area (Å²) in [7, 11) is 1.55. The number of fused-ring (bicyclic) bond motifs is 1. The van der Waals surface area contributed by atoms with Crippen LogP contribution in [0.3, 0.4) is 0 Å². The summed E-state index contributed by atoms with van der Waals surface area (Å²) in [5, 5.41) is 15.4. The lowest BCUT2D eigenvalue weighted by atomic mass is 9.96. The van der Waals surface area contributed by atoms with Gasteiger partial charge in [-0.05, 0) is 87.9 Å². The van der Waals surface area contributed by atoms with Crippen LogP contribution in [0.2, 0.25) is 0 Å². The molecule has 0 aliphatic rings. The van der Waals surface area contributed by atoms with Crippen LogP contribution in [0.25, 0.3) is 33.4 Å². The Bertz CT molecular complexity index is 1960. The molecule has 0 atom stereocenters. The van der Waals surface area contributed by atoms with Crippen molar-refractivity contribution in [2.45, 2.75) is 33.2 Å². The predicted molar refractivity (Wildman–Crippen MR) is 180 cm³/mol. The number of aliphatic carboxylic acids is 1. The lowest BCUT2D eigenvalue weighted by molar-refractivity contribution is -0.143. The van der Waals surface area contributed by atoms with Gasteiger partial charge in [0.05, 0.1) is 5.56 Å². The molecule has 0 unspecified atom stereocenters. The van der Waals surface area contributed by atoms with Crippen molar-refractivity contribution in [2.75, 3.05) is 25.0 Å². The Kier molecular flexibility index (Phi) is 9.32. The van der Waals surface area contributed by atoms with Crippen LogP contribution in [0.4, 0.5) is 10.1 Å². The number of hydrogen-bond donors (Lipinski definition) is 3. The molecular formula is C37H36FN3O6. The van der Waals surface area contributed by atoms with Crippen LogP contribution in [-0.4, -0.2) is 48.6 Å². The van der Waals surface area contributed by atoms with E-state index in [1.165, 1.54) is 26.0 Å². The minimum absolute atomic E-state index is 0.294. The quantitative estimate of drug-likeness (QED) is 0.137. The monoisotopic (exact) mass is 637 g/mol. The number of carboxylic acids is 1. The van der Waals surface area contributed by atoms with Crippen molar-refractivity contribution in [3.8, 4) is 33.9 Å². The van der Waals surface area contributed by atoms with E-state index in [1.807, 2.05) is 32.0 Å². The number of furan rings is 1.